The number of aromatic nitrogens is 3. The zero-order valence-electron chi connectivity index (χ0n) is 14.3. The summed E-state index contributed by atoms with van der Waals surface area (Å²) in [5.41, 5.74) is 1.07. The average Bonchev–Trinajstić information content (AvgIpc) is 3.01. The van der Waals surface area contributed by atoms with Gasteiger partial charge in [0.1, 0.15) is 17.3 Å². The Labute approximate surface area is 155 Å². The lowest BCUT2D eigenvalue weighted by Crippen LogP contribution is -2.15. The Morgan fingerprint density at radius 2 is 1.73 bits per heavy atom. The molecule has 0 atom stereocenters. The van der Waals surface area contributed by atoms with Gasteiger partial charge < -0.3 is 15.3 Å². The van der Waals surface area contributed by atoms with E-state index in [1.54, 1.807) is 19.2 Å². The first kappa shape index (κ1) is 18.1. The van der Waals surface area contributed by atoms with Crippen molar-refractivity contribution in [1.29, 1.82) is 0 Å². The number of rotatable bonds is 8. The number of hydrogen-bond acceptors (Lipinski definition) is 6. The Bertz CT molecular complexity index is 837. The first-order chi connectivity index (χ1) is 12.7. The minimum absolute atomic E-state index is 0.285. The standard InChI is InChI=1S/C18H19FN4O2S/c1-24-15-6-2-13(3-7-15)12-17-21-22-18(23(17)20)26-11-10-25-16-8-4-14(19)5-9-16/h2-9H,10-12,20H2,1H3. The molecule has 0 aliphatic rings. The third kappa shape index (κ3) is 4.66. The molecular formula is C18H19FN4O2S. The van der Waals surface area contributed by atoms with E-state index in [9.17, 15) is 4.39 Å². The lowest BCUT2D eigenvalue weighted by molar-refractivity contribution is 0.343. The van der Waals surface area contributed by atoms with Crippen molar-refractivity contribution in [3.63, 3.8) is 0 Å². The van der Waals surface area contributed by atoms with Gasteiger partial charge in [-0.25, -0.2) is 9.07 Å². The highest BCUT2D eigenvalue weighted by atomic mass is 32.2. The highest BCUT2D eigenvalue weighted by Crippen LogP contribution is 2.18. The van der Waals surface area contributed by atoms with E-state index in [4.69, 9.17) is 15.3 Å². The van der Waals surface area contributed by atoms with Crippen LogP contribution in [0.2, 0.25) is 0 Å². The quantitative estimate of drug-likeness (QED) is 0.371. The van der Waals surface area contributed by atoms with E-state index in [2.05, 4.69) is 10.2 Å². The Morgan fingerprint density at radius 1 is 1.04 bits per heavy atom. The summed E-state index contributed by atoms with van der Waals surface area (Å²) in [5, 5.41) is 8.90. The first-order valence-electron chi connectivity index (χ1n) is 7.99. The predicted molar refractivity (Wildman–Crippen MR) is 98.6 cm³/mol. The van der Waals surface area contributed by atoms with Gasteiger partial charge in [-0.05, 0) is 42.0 Å². The van der Waals surface area contributed by atoms with Crippen molar-refractivity contribution in [3.05, 3.63) is 65.7 Å². The fourth-order valence-corrected chi connectivity index (χ4v) is 2.97. The predicted octanol–water partition coefficient (Wildman–Crippen LogP) is 2.90. The summed E-state index contributed by atoms with van der Waals surface area (Å²) in [6.07, 6.45) is 0.583. The molecule has 0 fully saturated rings. The maximum Gasteiger partial charge on any atom is 0.209 e. The molecule has 136 valence electrons. The Morgan fingerprint density at radius 3 is 2.42 bits per heavy atom. The molecule has 0 unspecified atom stereocenters. The molecule has 0 aliphatic heterocycles. The van der Waals surface area contributed by atoms with Crippen LogP contribution in [0.5, 0.6) is 11.5 Å². The largest absolute Gasteiger partial charge is 0.497 e. The maximum absolute atomic E-state index is 12.8. The van der Waals surface area contributed by atoms with Gasteiger partial charge in [-0.3, -0.25) is 0 Å². The number of methoxy groups -OCH3 is 1. The first-order valence-corrected chi connectivity index (χ1v) is 8.98. The molecule has 0 bridgehead atoms. The zero-order valence-corrected chi connectivity index (χ0v) is 15.1. The highest BCUT2D eigenvalue weighted by Gasteiger charge is 2.11. The molecule has 0 saturated heterocycles. The van der Waals surface area contributed by atoms with E-state index in [0.717, 1.165) is 11.3 Å². The number of ether oxygens (including phenoxy) is 2. The van der Waals surface area contributed by atoms with Crippen LogP contribution in [-0.2, 0) is 6.42 Å². The van der Waals surface area contributed by atoms with Crippen LogP contribution in [0.4, 0.5) is 4.39 Å². The van der Waals surface area contributed by atoms with Gasteiger partial charge in [0.05, 0.1) is 13.7 Å². The van der Waals surface area contributed by atoms with Gasteiger partial charge in [0, 0.05) is 12.2 Å². The van der Waals surface area contributed by atoms with E-state index in [0.29, 0.717) is 35.5 Å². The molecule has 1 heterocycles. The molecule has 8 heteroatoms. The van der Waals surface area contributed by atoms with Gasteiger partial charge in [0.25, 0.3) is 0 Å². The molecular weight excluding hydrogens is 355 g/mol. The summed E-state index contributed by atoms with van der Waals surface area (Å²) in [4.78, 5) is 0. The monoisotopic (exact) mass is 374 g/mol. The third-order valence-electron chi connectivity index (χ3n) is 3.65. The number of nitrogens with two attached hydrogens (primary N) is 1. The van der Waals surface area contributed by atoms with Crippen LogP contribution in [-0.4, -0.2) is 34.3 Å². The van der Waals surface area contributed by atoms with E-state index in [1.165, 1.54) is 28.6 Å². The lowest BCUT2D eigenvalue weighted by Gasteiger charge is -2.06. The van der Waals surface area contributed by atoms with Crippen molar-refractivity contribution < 1.29 is 13.9 Å². The van der Waals surface area contributed by atoms with Gasteiger partial charge in [-0.2, -0.15) is 0 Å². The van der Waals surface area contributed by atoms with Crippen molar-refractivity contribution in [3.8, 4) is 11.5 Å². The highest BCUT2D eigenvalue weighted by molar-refractivity contribution is 7.99. The van der Waals surface area contributed by atoms with Gasteiger partial charge in [0.2, 0.25) is 5.16 Å². The number of hydrogen-bond donors (Lipinski definition) is 1. The summed E-state index contributed by atoms with van der Waals surface area (Å²) in [6, 6.07) is 13.7. The van der Waals surface area contributed by atoms with Crippen LogP contribution in [0.1, 0.15) is 11.4 Å². The summed E-state index contributed by atoms with van der Waals surface area (Å²) < 4.78 is 25.0. The summed E-state index contributed by atoms with van der Waals surface area (Å²) in [6.45, 7) is 0.455. The van der Waals surface area contributed by atoms with Crippen molar-refractivity contribution in [2.75, 3.05) is 25.3 Å². The van der Waals surface area contributed by atoms with Gasteiger partial charge >= 0.3 is 0 Å². The second-order valence-corrected chi connectivity index (χ2v) is 6.51. The van der Waals surface area contributed by atoms with E-state index in [1.807, 2.05) is 24.3 Å². The number of benzene rings is 2. The minimum atomic E-state index is -0.285. The molecule has 26 heavy (non-hydrogen) atoms. The van der Waals surface area contributed by atoms with E-state index in [-0.39, 0.29) is 5.82 Å². The Balaban J connectivity index is 1.50. The molecule has 1 aromatic heterocycles. The molecule has 0 radical (unpaired) electrons. The van der Waals surface area contributed by atoms with Crippen LogP contribution >= 0.6 is 11.8 Å². The van der Waals surface area contributed by atoms with Crippen LogP contribution in [0.3, 0.4) is 0 Å². The molecule has 6 nitrogen and oxygen atoms in total. The van der Waals surface area contributed by atoms with E-state index >= 15 is 0 Å². The fourth-order valence-electron chi connectivity index (χ4n) is 2.28. The van der Waals surface area contributed by atoms with Gasteiger partial charge in [-0.1, -0.05) is 23.9 Å². The number of halogens is 1. The van der Waals surface area contributed by atoms with Crippen LogP contribution in [0, 0.1) is 5.82 Å². The minimum Gasteiger partial charge on any atom is -0.497 e. The van der Waals surface area contributed by atoms with Crippen molar-refractivity contribution in [1.82, 2.24) is 14.9 Å². The van der Waals surface area contributed by atoms with Crippen LogP contribution in [0.25, 0.3) is 0 Å². The van der Waals surface area contributed by atoms with Crippen molar-refractivity contribution in [2.24, 2.45) is 0 Å². The average molecular weight is 374 g/mol. The van der Waals surface area contributed by atoms with Crippen LogP contribution < -0.4 is 15.3 Å². The number of thioether (sulfide) groups is 1. The van der Waals surface area contributed by atoms with Gasteiger partial charge in [0.15, 0.2) is 5.82 Å². The number of nitrogen functional groups attached to an aromatic ring is 1. The zero-order chi connectivity index (χ0) is 18.4. The molecule has 2 N–H and O–H groups in total. The summed E-state index contributed by atoms with van der Waals surface area (Å²) in [5.74, 6) is 8.55. The second kappa shape index (κ2) is 8.57. The fraction of sp³-hybridized carbons (Fsp3) is 0.222. The molecule has 0 amide bonds. The molecule has 0 spiro atoms. The Hall–Kier alpha value is -2.74. The Kier molecular flexibility index (Phi) is 5.96. The van der Waals surface area contributed by atoms with Crippen molar-refractivity contribution in [2.45, 2.75) is 11.6 Å². The number of nitrogens with zero attached hydrogens (tertiary/aromatic N) is 3. The van der Waals surface area contributed by atoms with Crippen LogP contribution in [0.15, 0.2) is 53.7 Å². The van der Waals surface area contributed by atoms with E-state index < -0.39 is 0 Å². The summed E-state index contributed by atoms with van der Waals surface area (Å²) >= 11 is 1.45. The molecule has 0 saturated carbocycles. The summed E-state index contributed by atoms with van der Waals surface area (Å²) in [7, 11) is 1.63. The molecule has 0 aliphatic carbocycles. The van der Waals surface area contributed by atoms with Gasteiger partial charge in [-0.15, -0.1) is 10.2 Å². The molecule has 3 rings (SSSR count). The molecule has 3 aromatic rings. The molecule has 2 aromatic carbocycles. The normalized spacial score (nSPS) is 10.7. The SMILES string of the molecule is COc1ccc(Cc2nnc(SCCOc3ccc(F)cc3)n2N)cc1. The topological polar surface area (TPSA) is 75.2 Å². The lowest BCUT2D eigenvalue weighted by atomic mass is 10.1. The van der Waals surface area contributed by atoms with Crippen molar-refractivity contribution >= 4 is 11.8 Å². The second-order valence-electron chi connectivity index (χ2n) is 5.44. The third-order valence-corrected chi connectivity index (χ3v) is 4.56. The maximum atomic E-state index is 12.8. The smallest absolute Gasteiger partial charge is 0.209 e.